The molecule has 4 rings (SSSR count). The molecule has 10 heteroatoms. The maximum absolute atomic E-state index is 13.8. The van der Waals surface area contributed by atoms with E-state index in [2.05, 4.69) is 5.32 Å². The number of nitrogens with zero attached hydrogens (tertiary/aromatic N) is 3. The number of carbonyl (C=O) groups excluding carboxylic acids is 1. The Morgan fingerprint density at radius 2 is 1.69 bits per heavy atom. The Bertz CT molecular complexity index is 1520. The van der Waals surface area contributed by atoms with Gasteiger partial charge in [0.2, 0.25) is 0 Å². The molecule has 0 saturated carbocycles. The quantitative estimate of drug-likeness (QED) is 0.267. The van der Waals surface area contributed by atoms with Crippen LogP contribution in [0.5, 0.6) is 5.75 Å². The minimum atomic E-state index is -4.64. The number of para-hydroxylation sites is 2. The molecule has 3 aromatic carbocycles. The Morgan fingerprint density at radius 1 is 1.03 bits per heavy atom. The lowest BCUT2D eigenvalue weighted by Gasteiger charge is -2.32. The highest BCUT2D eigenvalue weighted by molar-refractivity contribution is 5.90. The number of urea groups is 1. The molecule has 0 radical (unpaired) electrons. The lowest BCUT2D eigenvalue weighted by atomic mass is 10.1. The summed E-state index contributed by atoms with van der Waals surface area (Å²) in [6.45, 7) is 3.93. The van der Waals surface area contributed by atoms with E-state index in [-0.39, 0.29) is 17.8 Å². The van der Waals surface area contributed by atoms with Crippen LogP contribution in [0.3, 0.4) is 0 Å². The molecule has 2 amide bonds. The molecule has 7 nitrogen and oxygen atoms in total. The molecule has 0 saturated heterocycles. The van der Waals surface area contributed by atoms with Crippen LogP contribution in [0, 0.1) is 0 Å². The maximum Gasteiger partial charge on any atom is 0.418 e. The van der Waals surface area contributed by atoms with Crippen molar-refractivity contribution in [2.24, 2.45) is 0 Å². The number of alkyl halides is 3. The second kappa shape index (κ2) is 11.6. The minimum absolute atomic E-state index is 0.226. The molecule has 204 valence electrons. The van der Waals surface area contributed by atoms with Crippen LogP contribution in [-0.2, 0) is 6.18 Å². The van der Waals surface area contributed by atoms with E-state index < -0.39 is 23.8 Å². The van der Waals surface area contributed by atoms with Crippen LogP contribution < -0.4 is 15.6 Å². The average Bonchev–Trinajstić information content (AvgIpc) is 2.93. The lowest BCUT2D eigenvalue weighted by Crippen LogP contribution is -2.41. The monoisotopic (exact) mass is 538 g/mol. The first-order chi connectivity index (χ1) is 18.7. The Kier molecular flexibility index (Phi) is 8.23. The van der Waals surface area contributed by atoms with E-state index in [0.717, 1.165) is 6.07 Å². The standard InChI is InChI=1S/C29H29F3N4O3/c1-4-18-35(28(38)34-24-13-9-7-11-22(24)29(30,31)32)25(5-2)26-33-23-12-8-6-10-21(23)27(37)36(26)19-14-16-20(39-3)17-15-19/h6-17,25H,4-5,18H2,1-3H3,(H,34,38). The summed E-state index contributed by atoms with van der Waals surface area (Å²) in [4.78, 5) is 33.6. The third kappa shape index (κ3) is 5.74. The van der Waals surface area contributed by atoms with Crippen molar-refractivity contribution in [1.29, 1.82) is 0 Å². The Balaban J connectivity index is 1.85. The summed E-state index contributed by atoms with van der Waals surface area (Å²) in [7, 11) is 1.54. The zero-order valence-corrected chi connectivity index (χ0v) is 21.8. The summed E-state index contributed by atoms with van der Waals surface area (Å²) in [5.41, 5.74) is -0.628. The van der Waals surface area contributed by atoms with Crippen molar-refractivity contribution in [3.8, 4) is 11.4 Å². The van der Waals surface area contributed by atoms with Crippen molar-refractivity contribution in [1.82, 2.24) is 14.5 Å². The second-order valence-corrected chi connectivity index (χ2v) is 8.92. The molecule has 4 aromatic rings. The van der Waals surface area contributed by atoms with E-state index in [1.165, 1.54) is 34.8 Å². The van der Waals surface area contributed by atoms with Crippen LogP contribution >= 0.6 is 0 Å². The summed E-state index contributed by atoms with van der Waals surface area (Å²) < 4.78 is 47.5. The molecule has 1 atom stereocenters. The first kappa shape index (κ1) is 27.7. The van der Waals surface area contributed by atoms with E-state index in [1.54, 1.807) is 48.5 Å². The number of fused-ring (bicyclic) bond motifs is 1. The summed E-state index contributed by atoms with van der Waals surface area (Å²) in [5, 5.41) is 2.85. The number of hydrogen-bond donors (Lipinski definition) is 1. The van der Waals surface area contributed by atoms with Gasteiger partial charge in [-0.25, -0.2) is 9.78 Å². The minimum Gasteiger partial charge on any atom is -0.497 e. The van der Waals surface area contributed by atoms with Crippen molar-refractivity contribution in [3.63, 3.8) is 0 Å². The number of nitrogens with one attached hydrogen (secondary N) is 1. The van der Waals surface area contributed by atoms with Gasteiger partial charge in [0, 0.05) is 6.54 Å². The molecular weight excluding hydrogens is 509 g/mol. The van der Waals surface area contributed by atoms with Crippen LogP contribution in [0.1, 0.15) is 44.1 Å². The van der Waals surface area contributed by atoms with E-state index in [1.807, 2.05) is 13.8 Å². The van der Waals surface area contributed by atoms with Gasteiger partial charge in [-0.15, -0.1) is 0 Å². The molecule has 1 heterocycles. The topological polar surface area (TPSA) is 76.5 Å². The molecule has 1 unspecified atom stereocenters. The number of anilines is 1. The Morgan fingerprint density at radius 3 is 2.33 bits per heavy atom. The highest BCUT2D eigenvalue weighted by Gasteiger charge is 2.35. The molecule has 0 bridgehead atoms. The van der Waals surface area contributed by atoms with Gasteiger partial charge in [0.25, 0.3) is 5.56 Å². The van der Waals surface area contributed by atoms with Crippen molar-refractivity contribution < 1.29 is 22.7 Å². The number of benzene rings is 3. The number of carbonyl (C=O) groups is 1. The van der Waals surface area contributed by atoms with Crippen LogP contribution in [-0.4, -0.2) is 34.1 Å². The molecule has 1 aromatic heterocycles. The van der Waals surface area contributed by atoms with Gasteiger partial charge in [-0.2, -0.15) is 13.2 Å². The molecule has 0 aliphatic rings. The van der Waals surface area contributed by atoms with Gasteiger partial charge >= 0.3 is 12.2 Å². The van der Waals surface area contributed by atoms with Gasteiger partial charge in [-0.05, 0) is 61.4 Å². The average molecular weight is 539 g/mol. The van der Waals surface area contributed by atoms with E-state index >= 15 is 0 Å². The zero-order chi connectivity index (χ0) is 28.2. The molecule has 0 fully saturated rings. The van der Waals surface area contributed by atoms with Crippen molar-refractivity contribution in [2.45, 2.75) is 38.9 Å². The fourth-order valence-corrected chi connectivity index (χ4v) is 4.56. The van der Waals surface area contributed by atoms with Crippen LogP contribution in [0.2, 0.25) is 0 Å². The van der Waals surface area contributed by atoms with Crippen molar-refractivity contribution in [3.05, 3.63) is 94.5 Å². The highest BCUT2D eigenvalue weighted by atomic mass is 19.4. The van der Waals surface area contributed by atoms with E-state index in [4.69, 9.17) is 9.72 Å². The number of halogens is 3. The molecule has 1 N–H and O–H groups in total. The van der Waals surface area contributed by atoms with Gasteiger partial charge in [0.1, 0.15) is 11.6 Å². The molecule has 0 aliphatic heterocycles. The van der Waals surface area contributed by atoms with Crippen LogP contribution in [0.15, 0.2) is 77.6 Å². The predicted octanol–water partition coefficient (Wildman–Crippen LogP) is 6.81. The van der Waals surface area contributed by atoms with Crippen molar-refractivity contribution >= 4 is 22.6 Å². The van der Waals surface area contributed by atoms with E-state index in [9.17, 15) is 22.8 Å². The van der Waals surface area contributed by atoms with Gasteiger partial charge < -0.3 is 15.0 Å². The number of hydrogen-bond acceptors (Lipinski definition) is 4. The summed E-state index contributed by atoms with van der Waals surface area (Å²) in [5.74, 6) is 0.906. The number of aromatic nitrogens is 2. The third-order valence-corrected chi connectivity index (χ3v) is 6.39. The maximum atomic E-state index is 13.8. The fourth-order valence-electron chi connectivity index (χ4n) is 4.56. The smallest absolute Gasteiger partial charge is 0.418 e. The zero-order valence-electron chi connectivity index (χ0n) is 21.8. The lowest BCUT2D eigenvalue weighted by molar-refractivity contribution is -0.136. The number of methoxy groups -OCH3 is 1. The normalized spacial score (nSPS) is 12.3. The SMILES string of the molecule is CCCN(C(=O)Nc1ccccc1C(F)(F)F)C(CC)c1nc2ccccc2c(=O)n1-c1ccc(OC)cc1. The molecule has 0 aliphatic carbocycles. The Hall–Kier alpha value is -4.34. The largest absolute Gasteiger partial charge is 0.497 e. The molecule has 0 spiro atoms. The highest BCUT2D eigenvalue weighted by Crippen LogP contribution is 2.35. The first-order valence-electron chi connectivity index (χ1n) is 12.6. The van der Waals surface area contributed by atoms with Crippen LogP contribution in [0.4, 0.5) is 23.7 Å². The van der Waals surface area contributed by atoms with Gasteiger partial charge in [-0.1, -0.05) is 38.1 Å². The van der Waals surface area contributed by atoms with E-state index in [0.29, 0.717) is 41.0 Å². The number of rotatable bonds is 8. The fraction of sp³-hybridized carbons (Fsp3) is 0.276. The predicted molar refractivity (Wildman–Crippen MR) is 144 cm³/mol. The first-order valence-corrected chi connectivity index (χ1v) is 12.6. The van der Waals surface area contributed by atoms with Crippen LogP contribution in [0.25, 0.3) is 16.6 Å². The van der Waals surface area contributed by atoms with Gasteiger partial charge in [-0.3, -0.25) is 9.36 Å². The van der Waals surface area contributed by atoms with Gasteiger partial charge in [0.05, 0.1) is 41.0 Å². The third-order valence-electron chi connectivity index (χ3n) is 6.39. The summed E-state index contributed by atoms with van der Waals surface area (Å²) in [6, 6.07) is 17.2. The summed E-state index contributed by atoms with van der Waals surface area (Å²) >= 11 is 0. The number of amides is 2. The van der Waals surface area contributed by atoms with Gasteiger partial charge in [0.15, 0.2) is 0 Å². The summed E-state index contributed by atoms with van der Waals surface area (Å²) in [6.07, 6.45) is -3.75. The van der Waals surface area contributed by atoms with Crippen molar-refractivity contribution in [2.75, 3.05) is 19.0 Å². The second-order valence-electron chi connectivity index (χ2n) is 8.92. The number of ether oxygens (including phenoxy) is 1. The Labute approximate surface area is 223 Å². The molecular formula is C29H29F3N4O3. The molecule has 39 heavy (non-hydrogen) atoms.